The van der Waals surface area contributed by atoms with Crippen molar-refractivity contribution in [1.82, 2.24) is 10.3 Å². The summed E-state index contributed by atoms with van der Waals surface area (Å²) in [4.78, 5) is 4.74. The second kappa shape index (κ2) is 7.05. The van der Waals surface area contributed by atoms with Gasteiger partial charge in [0.2, 0.25) is 0 Å². The first kappa shape index (κ1) is 14.5. The molecule has 1 aromatic carbocycles. The second-order valence-corrected chi connectivity index (χ2v) is 6.33. The Hall–Kier alpha value is -1.39. The molecule has 1 saturated carbocycles. The van der Waals surface area contributed by atoms with Gasteiger partial charge in [-0.15, -0.1) is 11.3 Å². The molecular weight excluding hydrogens is 280 g/mol. The Morgan fingerprint density at radius 1 is 1.33 bits per heavy atom. The second-order valence-electron chi connectivity index (χ2n) is 5.47. The Morgan fingerprint density at radius 3 is 3.00 bits per heavy atom. The zero-order valence-corrected chi connectivity index (χ0v) is 13.3. The molecule has 112 valence electrons. The van der Waals surface area contributed by atoms with Gasteiger partial charge < -0.3 is 10.1 Å². The zero-order chi connectivity index (χ0) is 14.5. The van der Waals surface area contributed by atoms with Crippen LogP contribution in [0.2, 0.25) is 0 Å². The summed E-state index contributed by atoms with van der Waals surface area (Å²) in [6, 6.07) is 8.87. The van der Waals surface area contributed by atoms with Crippen LogP contribution in [0.5, 0.6) is 5.75 Å². The Labute approximate surface area is 130 Å². The summed E-state index contributed by atoms with van der Waals surface area (Å²) in [5, 5.41) is 6.84. The quantitative estimate of drug-likeness (QED) is 0.866. The lowest BCUT2D eigenvalue weighted by Crippen LogP contribution is -2.25. The number of hydrogen-bond acceptors (Lipinski definition) is 4. The number of thiazole rings is 1. The highest BCUT2D eigenvalue weighted by molar-refractivity contribution is 7.13. The van der Waals surface area contributed by atoms with E-state index < -0.39 is 0 Å². The Balaban J connectivity index is 1.64. The van der Waals surface area contributed by atoms with Crippen LogP contribution in [0.25, 0.3) is 10.6 Å². The molecule has 0 amide bonds. The van der Waals surface area contributed by atoms with Gasteiger partial charge in [-0.05, 0) is 31.9 Å². The molecule has 2 aromatic rings. The largest absolute Gasteiger partial charge is 0.494 e. The molecule has 0 saturated heterocycles. The van der Waals surface area contributed by atoms with Crippen molar-refractivity contribution in [3.63, 3.8) is 0 Å². The molecular formula is C17H22N2OS. The molecule has 0 spiro atoms. The van der Waals surface area contributed by atoms with Crippen LogP contribution in [-0.4, -0.2) is 17.6 Å². The van der Waals surface area contributed by atoms with Crippen LogP contribution in [0.15, 0.2) is 29.6 Å². The molecule has 0 radical (unpaired) electrons. The third-order valence-corrected chi connectivity index (χ3v) is 4.81. The van der Waals surface area contributed by atoms with Gasteiger partial charge in [0, 0.05) is 23.5 Å². The molecule has 0 aliphatic heterocycles. The van der Waals surface area contributed by atoms with Gasteiger partial charge in [0.1, 0.15) is 10.8 Å². The van der Waals surface area contributed by atoms with Crippen LogP contribution in [0.3, 0.4) is 0 Å². The fourth-order valence-electron chi connectivity index (χ4n) is 2.79. The predicted octanol–water partition coefficient (Wildman–Crippen LogP) is 4.24. The smallest absolute Gasteiger partial charge is 0.123 e. The molecule has 0 bridgehead atoms. The predicted molar refractivity (Wildman–Crippen MR) is 87.8 cm³/mol. The Kier molecular flexibility index (Phi) is 4.88. The summed E-state index contributed by atoms with van der Waals surface area (Å²) in [6.45, 7) is 3.58. The lowest BCUT2D eigenvalue weighted by molar-refractivity contribution is 0.340. The van der Waals surface area contributed by atoms with Crippen molar-refractivity contribution in [2.45, 2.75) is 45.2 Å². The van der Waals surface area contributed by atoms with E-state index in [0.717, 1.165) is 28.6 Å². The third kappa shape index (κ3) is 3.83. The lowest BCUT2D eigenvalue weighted by Gasteiger charge is -2.09. The lowest BCUT2D eigenvalue weighted by atomic mass is 10.2. The van der Waals surface area contributed by atoms with E-state index in [1.54, 1.807) is 11.3 Å². The minimum absolute atomic E-state index is 0.691. The van der Waals surface area contributed by atoms with Gasteiger partial charge in [-0.1, -0.05) is 25.0 Å². The molecule has 1 fully saturated rings. The molecule has 3 nitrogen and oxygen atoms in total. The highest BCUT2D eigenvalue weighted by atomic mass is 32.1. The number of nitrogens with zero attached hydrogens (tertiary/aromatic N) is 1. The van der Waals surface area contributed by atoms with Gasteiger partial charge in [0.05, 0.1) is 12.3 Å². The van der Waals surface area contributed by atoms with Crippen molar-refractivity contribution in [2.24, 2.45) is 0 Å². The van der Waals surface area contributed by atoms with Gasteiger partial charge in [-0.2, -0.15) is 0 Å². The van der Waals surface area contributed by atoms with Crippen molar-refractivity contribution in [3.05, 3.63) is 35.3 Å². The van der Waals surface area contributed by atoms with E-state index in [0.29, 0.717) is 12.6 Å². The summed E-state index contributed by atoms with van der Waals surface area (Å²) in [5.74, 6) is 0.913. The first-order valence-corrected chi connectivity index (χ1v) is 8.64. The first-order valence-electron chi connectivity index (χ1n) is 7.76. The fraction of sp³-hybridized carbons (Fsp3) is 0.471. The van der Waals surface area contributed by atoms with Gasteiger partial charge in [0.25, 0.3) is 0 Å². The van der Waals surface area contributed by atoms with E-state index in [4.69, 9.17) is 9.72 Å². The molecule has 3 rings (SSSR count). The molecule has 1 N–H and O–H groups in total. The first-order chi connectivity index (χ1) is 10.3. The summed E-state index contributed by atoms with van der Waals surface area (Å²) in [5.41, 5.74) is 2.28. The SMILES string of the molecule is CCOc1cccc(-c2nc(CNC3CCCC3)cs2)c1. The van der Waals surface area contributed by atoms with Gasteiger partial charge >= 0.3 is 0 Å². The van der Waals surface area contributed by atoms with Gasteiger partial charge in [-0.25, -0.2) is 4.98 Å². The average Bonchev–Trinajstić information content (AvgIpc) is 3.17. The van der Waals surface area contributed by atoms with Crippen LogP contribution in [0, 0.1) is 0 Å². The van der Waals surface area contributed by atoms with Crippen LogP contribution >= 0.6 is 11.3 Å². The van der Waals surface area contributed by atoms with Crippen molar-refractivity contribution < 1.29 is 4.74 Å². The molecule has 0 unspecified atom stereocenters. The molecule has 0 atom stereocenters. The monoisotopic (exact) mass is 302 g/mol. The number of aromatic nitrogens is 1. The third-order valence-electron chi connectivity index (χ3n) is 3.87. The standard InChI is InChI=1S/C17H22N2OS/c1-2-20-16-9-5-6-13(10-16)17-19-15(12-21-17)11-18-14-7-3-4-8-14/h5-6,9-10,12,14,18H,2-4,7-8,11H2,1H3. The fourth-order valence-corrected chi connectivity index (χ4v) is 3.60. The summed E-state index contributed by atoms with van der Waals surface area (Å²) >= 11 is 1.71. The number of ether oxygens (including phenoxy) is 1. The molecule has 1 aliphatic rings. The Morgan fingerprint density at radius 2 is 2.19 bits per heavy atom. The van der Waals surface area contributed by atoms with Gasteiger partial charge in [0.15, 0.2) is 0 Å². The maximum absolute atomic E-state index is 5.55. The van der Waals surface area contributed by atoms with Crippen LogP contribution in [-0.2, 0) is 6.54 Å². The molecule has 21 heavy (non-hydrogen) atoms. The number of rotatable bonds is 6. The normalized spacial score (nSPS) is 15.5. The van der Waals surface area contributed by atoms with Crippen molar-refractivity contribution in [2.75, 3.05) is 6.61 Å². The van der Waals surface area contributed by atoms with E-state index in [-0.39, 0.29) is 0 Å². The van der Waals surface area contributed by atoms with E-state index in [1.807, 2.05) is 19.1 Å². The topological polar surface area (TPSA) is 34.1 Å². The number of benzene rings is 1. The minimum Gasteiger partial charge on any atom is -0.494 e. The summed E-state index contributed by atoms with van der Waals surface area (Å²) in [6.07, 6.45) is 5.36. The molecule has 1 aliphatic carbocycles. The maximum atomic E-state index is 5.55. The van der Waals surface area contributed by atoms with Crippen molar-refractivity contribution in [3.8, 4) is 16.3 Å². The minimum atomic E-state index is 0.691. The number of nitrogens with one attached hydrogen (secondary N) is 1. The van der Waals surface area contributed by atoms with Crippen LogP contribution < -0.4 is 10.1 Å². The highest BCUT2D eigenvalue weighted by Gasteiger charge is 2.14. The summed E-state index contributed by atoms with van der Waals surface area (Å²) < 4.78 is 5.55. The maximum Gasteiger partial charge on any atom is 0.123 e. The van der Waals surface area contributed by atoms with Crippen LogP contribution in [0.4, 0.5) is 0 Å². The van der Waals surface area contributed by atoms with Crippen LogP contribution in [0.1, 0.15) is 38.3 Å². The zero-order valence-electron chi connectivity index (χ0n) is 12.5. The Bertz CT molecular complexity index is 576. The van der Waals surface area contributed by atoms with Crippen molar-refractivity contribution >= 4 is 11.3 Å². The van der Waals surface area contributed by atoms with E-state index >= 15 is 0 Å². The highest BCUT2D eigenvalue weighted by Crippen LogP contribution is 2.27. The van der Waals surface area contributed by atoms with Gasteiger partial charge in [-0.3, -0.25) is 0 Å². The van der Waals surface area contributed by atoms with E-state index in [1.165, 1.54) is 25.7 Å². The number of hydrogen-bond donors (Lipinski definition) is 1. The molecule has 4 heteroatoms. The van der Waals surface area contributed by atoms with E-state index in [9.17, 15) is 0 Å². The van der Waals surface area contributed by atoms with E-state index in [2.05, 4.69) is 22.8 Å². The molecule has 1 aromatic heterocycles. The van der Waals surface area contributed by atoms with Crippen molar-refractivity contribution in [1.29, 1.82) is 0 Å². The average molecular weight is 302 g/mol. The molecule has 1 heterocycles. The summed E-state index contributed by atoms with van der Waals surface area (Å²) in [7, 11) is 0.